The maximum atomic E-state index is 11.8. The zero-order valence-electron chi connectivity index (χ0n) is 12.3. The number of ketones is 2. The van der Waals surface area contributed by atoms with Crippen LogP contribution in [0.15, 0.2) is 0 Å². The minimum atomic E-state index is -0.0631. The Kier molecular flexibility index (Phi) is 6.66. The lowest BCUT2D eigenvalue weighted by atomic mass is 9.71. The molecule has 0 rings (SSSR count). The second kappa shape index (κ2) is 6.93. The highest BCUT2D eigenvalue weighted by Crippen LogP contribution is 2.36. The third-order valence-corrected chi connectivity index (χ3v) is 3.59. The molecule has 0 N–H and O–H groups in total. The van der Waals surface area contributed by atoms with Crippen molar-refractivity contribution in [3.05, 3.63) is 0 Å². The summed E-state index contributed by atoms with van der Waals surface area (Å²) < 4.78 is 0. The zero-order valence-corrected chi connectivity index (χ0v) is 12.3. The van der Waals surface area contributed by atoms with Gasteiger partial charge in [-0.2, -0.15) is 0 Å². The second-order valence-electron chi connectivity index (χ2n) is 6.33. The SMILES string of the molecule is CC(=O)CCC(C)(C)C(CCC(C)C)C(C)=O. The molecule has 0 aromatic rings. The summed E-state index contributed by atoms with van der Waals surface area (Å²) in [5.41, 5.74) is -0.0631. The predicted octanol–water partition coefficient (Wildman–Crippen LogP) is 4.02. The predicted molar refractivity (Wildman–Crippen MR) is 71.9 cm³/mol. The Bertz CT molecular complexity index is 264. The van der Waals surface area contributed by atoms with Gasteiger partial charge in [0.2, 0.25) is 0 Å². The van der Waals surface area contributed by atoms with E-state index in [0.717, 1.165) is 19.3 Å². The minimum Gasteiger partial charge on any atom is -0.300 e. The molecule has 1 unspecified atom stereocenters. The topological polar surface area (TPSA) is 34.1 Å². The van der Waals surface area contributed by atoms with Crippen molar-refractivity contribution in [3.63, 3.8) is 0 Å². The van der Waals surface area contributed by atoms with Crippen LogP contribution >= 0.6 is 0 Å². The molecule has 0 aliphatic carbocycles. The van der Waals surface area contributed by atoms with Crippen LogP contribution in [0.25, 0.3) is 0 Å². The van der Waals surface area contributed by atoms with Gasteiger partial charge in [0.1, 0.15) is 11.6 Å². The van der Waals surface area contributed by atoms with Crippen molar-refractivity contribution in [2.75, 3.05) is 0 Å². The summed E-state index contributed by atoms with van der Waals surface area (Å²) >= 11 is 0. The number of rotatable bonds is 8. The zero-order chi connectivity index (χ0) is 13.6. The summed E-state index contributed by atoms with van der Waals surface area (Å²) in [5, 5.41) is 0. The van der Waals surface area contributed by atoms with Gasteiger partial charge in [0, 0.05) is 12.3 Å². The summed E-state index contributed by atoms with van der Waals surface area (Å²) in [7, 11) is 0. The highest BCUT2D eigenvalue weighted by Gasteiger charge is 2.32. The summed E-state index contributed by atoms with van der Waals surface area (Å²) in [6, 6.07) is 0. The van der Waals surface area contributed by atoms with E-state index in [1.165, 1.54) is 0 Å². The first-order valence-corrected chi connectivity index (χ1v) is 6.66. The van der Waals surface area contributed by atoms with Crippen molar-refractivity contribution in [1.82, 2.24) is 0 Å². The van der Waals surface area contributed by atoms with Crippen LogP contribution in [0.4, 0.5) is 0 Å². The van der Waals surface area contributed by atoms with Crippen LogP contribution in [0.5, 0.6) is 0 Å². The molecule has 2 heteroatoms. The first kappa shape index (κ1) is 16.3. The number of hydrogen-bond donors (Lipinski definition) is 0. The van der Waals surface area contributed by atoms with Gasteiger partial charge in [0.15, 0.2) is 0 Å². The van der Waals surface area contributed by atoms with Crippen LogP contribution < -0.4 is 0 Å². The molecule has 0 heterocycles. The molecule has 0 bridgehead atoms. The number of carbonyl (C=O) groups excluding carboxylic acids is 2. The van der Waals surface area contributed by atoms with E-state index in [0.29, 0.717) is 12.3 Å². The average Bonchev–Trinajstić information content (AvgIpc) is 2.13. The van der Waals surface area contributed by atoms with E-state index >= 15 is 0 Å². The Morgan fingerprint density at radius 2 is 1.59 bits per heavy atom. The van der Waals surface area contributed by atoms with E-state index in [9.17, 15) is 9.59 Å². The van der Waals surface area contributed by atoms with Crippen LogP contribution in [0.2, 0.25) is 0 Å². The van der Waals surface area contributed by atoms with Gasteiger partial charge in [0.25, 0.3) is 0 Å². The molecule has 0 aromatic heterocycles. The number of hydrogen-bond acceptors (Lipinski definition) is 2. The molecule has 0 aliphatic heterocycles. The normalized spacial score (nSPS) is 13.8. The smallest absolute Gasteiger partial charge is 0.133 e. The molecule has 0 fully saturated rings. The van der Waals surface area contributed by atoms with Gasteiger partial charge in [-0.05, 0) is 38.0 Å². The Labute approximate surface area is 106 Å². The fraction of sp³-hybridized carbons (Fsp3) is 0.867. The molecular formula is C15H28O2. The van der Waals surface area contributed by atoms with E-state index in [4.69, 9.17) is 0 Å². The van der Waals surface area contributed by atoms with Gasteiger partial charge in [-0.3, -0.25) is 4.79 Å². The van der Waals surface area contributed by atoms with Crippen molar-refractivity contribution in [3.8, 4) is 0 Å². The van der Waals surface area contributed by atoms with Crippen molar-refractivity contribution in [2.45, 2.75) is 67.2 Å². The molecule has 17 heavy (non-hydrogen) atoms. The lowest BCUT2D eigenvalue weighted by Gasteiger charge is -2.33. The Morgan fingerprint density at radius 1 is 1.06 bits per heavy atom. The van der Waals surface area contributed by atoms with Crippen LogP contribution in [-0.4, -0.2) is 11.6 Å². The lowest BCUT2D eigenvalue weighted by Crippen LogP contribution is -2.30. The molecule has 100 valence electrons. The maximum absolute atomic E-state index is 11.8. The second-order valence-corrected chi connectivity index (χ2v) is 6.33. The van der Waals surface area contributed by atoms with Crippen molar-refractivity contribution < 1.29 is 9.59 Å². The van der Waals surface area contributed by atoms with Gasteiger partial charge in [-0.25, -0.2) is 0 Å². The van der Waals surface area contributed by atoms with Gasteiger partial charge in [-0.15, -0.1) is 0 Å². The highest BCUT2D eigenvalue weighted by molar-refractivity contribution is 5.79. The first-order chi connectivity index (χ1) is 7.66. The summed E-state index contributed by atoms with van der Waals surface area (Å²) in [4.78, 5) is 22.8. The average molecular weight is 240 g/mol. The number of Topliss-reactive ketones (excluding diaryl/α,β-unsaturated/α-hetero) is 2. The molecule has 0 saturated carbocycles. The highest BCUT2D eigenvalue weighted by atomic mass is 16.1. The van der Waals surface area contributed by atoms with Crippen LogP contribution in [0.1, 0.15) is 67.2 Å². The fourth-order valence-corrected chi connectivity index (χ4v) is 2.32. The van der Waals surface area contributed by atoms with Crippen LogP contribution in [0, 0.1) is 17.3 Å². The largest absolute Gasteiger partial charge is 0.300 e. The quantitative estimate of drug-likeness (QED) is 0.642. The molecular weight excluding hydrogens is 212 g/mol. The van der Waals surface area contributed by atoms with E-state index in [-0.39, 0.29) is 22.9 Å². The summed E-state index contributed by atoms with van der Waals surface area (Å²) in [5.74, 6) is 1.19. The van der Waals surface area contributed by atoms with E-state index in [1.807, 2.05) is 0 Å². The third kappa shape index (κ3) is 6.60. The molecule has 0 aliphatic rings. The molecule has 0 radical (unpaired) electrons. The minimum absolute atomic E-state index is 0.0631. The molecule has 0 aromatic carbocycles. The van der Waals surface area contributed by atoms with Crippen molar-refractivity contribution in [2.24, 2.45) is 17.3 Å². The van der Waals surface area contributed by atoms with Crippen molar-refractivity contribution >= 4 is 11.6 Å². The van der Waals surface area contributed by atoms with Gasteiger partial charge in [-0.1, -0.05) is 34.1 Å². The maximum Gasteiger partial charge on any atom is 0.133 e. The van der Waals surface area contributed by atoms with Gasteiger partial charge in [0.05, 0.1) is 0 Å². The monoisotopic (exact) mass is 240 g/mol. The van der Waals surface area contributed by atoms with Crippen LogP contribution in [0.3, 0.4) is 0 Å². The van der Waals surface area contributed by atoms with Gasteiger partial charge >= 0.3 is 0 Å². The summed E-state index contributed by atoms with van der Waals surface area (Å²) in [6.07, 6.45) is 3.41. The molecule has 2 nitrogen and oxygen atoms in total. The molecule has 1 atom stereocenters. The van der Waals surface area contributed by atoms with Crippen molar-refractivity contribution in [1.29, 1.82) is 0 Å². The Hall–Kier alpha value is -0.660. The molecule has 0 saturated heterocycles. The number of carbonyl (C=O) groups is 2. The molecule has 0 spiro atoms. The third-order valence-electron chi connectivity index (χ3n) is 3.59. The fourth-order valence-electron chi connectivity index (χ4n) is 2.32. The van der Waals surface area contributed by atoms with E-state index < -0.39 is 0 Å². The lowest BCUT2D eigenvalue weighted by molar-refractivity contribution is -0.126. The Morgan fingerprint density at radius 3 is 1.94 bits per heavy atom. The first-order valence-electron chi connectivity index (χ1n) is 6.66. The van der Waals surface area contributed by atoms with Crippen LogP contribution in [-0.2, 0) is 9.59 Å². The molecule has 0 amide bonds. The van der Waals surface area contributed by atoms with Gasteiger partial charge < -0.3 is 4.79 Å². The van der Waals surface area contributed by atoms with E-state index in [2.05, 4.69) is 27.7 Å². The standard InChI is InChI=1S/C15H28O2/c1-11(2)7-8-14(13(4)17)15(5,6)10-9-12(3)16/h11,14H,7-10H2,1-6H3. The Balaban J connectivity index is 4.54. The van der Waals surface area contributed by atoms with E-state index in [1.54, 1.807) is 13.8 Å². The summed E-state index contributed by atoms with van der Waals surface area (Å²) in [6.45, 7) is 11.9.